The van der Waals surface area contributed by atoms with Crippen LogP contribution < -0.4 is 10.1 Å². The first kappa shape index (κ1) is 22.1. The minimum atomic E-state index is 0.0646. The van der Waals surface area contributed by atoms with Gasteiger partial charge in [-0.3, -0.25) is 4.79 Å². The van der Waals surface area contributed by atoms with Crippen molar-refractivity contribution in [3.63, 3.8) is 0 Å². The maximum Gasteiger partial charge on any atom is 0.220 e. The maximum atomic E-state index is 11.9. The molecule has 26 heavy (non-hydrogen) atoms. The van der Waals surface area contributed by atoms with Crippen molar-refractivity contribution >= 4 is 5.91 Å². The van der Waals surface area contributed by atoms with E-state index < -0.39 is 0 Å². The third-order valence-electron chi connectivity index (χ3n) is 4.82. The Morgan fingerprint density at radius 3 is 2.62 bits per heavy atom. The van der Waals surface area contributed by atoms with Gasteiger partial charge in [0.15, 0.2) is 11.5 Å². The molecule has 0 unspecified atom stereocenters. The number of hydrogen-bond acceptors (Lipinski definition) is 3. The second kappa shape index (κ2) is 13.3. The van der Waals surface area contributed by atoms with Crippen molar-refractivity contribution in [1.82, 2.24) is 5.32 Å². The maximum absolute atomic E-state index is 11.9. The van der Waals surface area contributed by atoms with Gasteiger partial charge in [-0.1, -0.05) is 44.9 Å². The van der Waals surface area contributed by atoms with Crippen molar-refractivity contribution in [2.45, 2.75) is 71.8 Å². The number of aromatic hydroxyl groups is 1. The van der Waals surface area contributed by atoms with Gasteiger partial charge in [-0.25, -0.2) is 0 Å². The number of methoxy groups -OCH3 is 1. The highest BCUT2D eigenvalue weighted by Crippen LogP contribution is 2.26. The molecule has 0 bridgehead atoms. The Kier molecular flexibility index (Phi) is 11.3. The van der Waals surface area contributed by atoms with Gasteiger partial charge in [0.1, 0.15) is 0 Å². The fraction of sp³-hybridized carbons (Fsp3) is 0.591. The fourth-order valence-corrected chi connectivity index (χ4v) is 2.93. The second-order valence-corrected chi connectivity index (χ2v) is 6.76. The van der Waals surface area contributed by atoms with E-state index in [0.29, 0.717) is 18.7 Å². The fourth-order valence-electron chi connectivity index (χ4n) is 2.93. The molecule has 0 saturated heterocycles. The number of carbonyl (C=O) groups is 1. The van der Waals surface area contributed by atoms with Crippen molar-refractivity contribution in [2.75, 3.05) is 7.11 Å². The largest absolute Gasteiger partial charge is 0.504 e. The number of unbranched alkanes of at least 4 members (excludes halogenated alkanes) is 2. The van der Waals surface area contributed by atoms with E-state index in [0.717, 1.165) is 30.7 Å². The van der Waals surface area contributed by atoms with Crippen molar-refractivity contribution in [1.29, 1.82) is 0 Å². The molecule has 0 aliphatic heterocycles. The third-order valence-corrected chi connectivity index (χ3v) is 4.82. The van der Waals surface area contributed by atoms with Crippen LogP contribution in [-0.2, 0) is 11.3 Å². The van der Waals surface area contributed by atoms with E-state index in [1.54, 1.807) is 18.2 Å². The Bertz CT molecular complexity index is 550. The van der Waals surface area contributed by atoms with E-state index in [9.17, 15) is 9.90 Å². The number of hydrogen-bond donors (Lipinski definition) is 2. The molecule has 0 aliphatic carbocycles. The van der Waals surface area contributed by atoms with E-state index in [-0.39, 0.29) is 11.7 Å². The molecule has 0 aromatic heterocycles. The van der Waals surface area contributed by atoms with Gasteiger partial charge in [-0.2, -0.15) is 0 Å². The zero-order valence-corrected chi connectivity index (χ0v) is 16.6. The Morgan fingerprint density at radius 2 is 1.92 bits per heavy atom. The highest BCUT2D eigenvalue weighted by Gasteiger charge is 2.05. The van der Waals surface area contributed by atoms with Gasteiger partial charge in [0.05, 0.1) is 7.11 Å². The van der Waals surface area contributed by atoms with Gasteiger partial charge in [-0.05, 0) is 55.7 Å². The molecule has 0 atom stereocenters. The molecule has 0 saturated carbocycles. The normalized spacial score (nSPS) is 11.2. The molecule has 0 spiro atoms. The Balaban J connectivity index is 2.12. The molecular weight excluding hydrogens is 326 g/mol. The number of ether oxygens (including phenoxy) is 1. The zero-order valence-electron chi connectivity index (χ0n) is 16.6. The molecule has 0 radical (unpaired) electrons. The first-order chi connectivity index (χ1) is 12.6. The minimum absolute atomic E-state index is 0.0646. The number of carbonyl (C=O) groups excluding carboxylic acids is 1. The summed E-state index contributed by atoms with van der Waals surface area (Å²) in [6.07, 6.45) is 13.1. The second-order valence-electron chi connectivity index (χ2n) is 6.76. The van der Waals surface area contributed by atoms with Crippen molar-refractivity contribution in [3.8, 4) is 11.5 Å². The van der Waals surface area contributed by atoms with Gasteiger partial charge in [-0.15, -0.1) is 0 Å². The molecule has 0 aliphatic rings. The minimum Gasteiger partial charge on any atom is -0.504 e. The van der Waals surface area contributed by atoms with Crippen LogP contribution in [0.15, 0.2) is 30.4 Å². The summed E-state index contributed by atoms with van der Waals surface area (Å²) in [5.74, 6) is 1.45. The van der Waals surface area contributed by atoms with Crippen LogP contribution in [-0.4, -0.2) is 18.1 Å². The number of amides is 1. The Morgan fingerprint density at radius 1 is 1.19 bits per heavy atom. The molecule has 146 valence electrons. The van der Waals surface area contributed by atoms with Crippen LogP contribution in [0.25, 0.3) is 0 Å². The average Bonchev–Trinajstić information content (AvgIpc) is 2.66. The number of benzene rings is 1. The SMILES string of the molecule is CCC(CC)CCC=CCCCCC(=O)NCc1ccc(O)c(OC)c1. The Labute approximate surface area is 158 Å². The summed E-state index contributed by atoms with van der Waals surface area (Å²) < 4.78 is 5.07. The predicted octanol–water partition coefficient (Wildman–Crippen LogP) is 5.35. The first-order valence-electron chi connectivity index (χ1n) is 9.88. The summed E-state index contributed by atoms with van der Waals surface area (Å²) in [4.78, 5) is 11.9. The summed E-state index contributed by atoms with van der Waals surface area (Å²) in [5, 5.41) is 12.5. The van der Waals surface area contributed by atoms with Gasteiger partial charge in [0.25, 0.3) is 0 Å². The summed E-state index contributed by atoms with van der Waals surface area (Å²) in [5.41, 5.74) is 0.911. The van der Waals surface area contributed by atoms with Crippen LogP contribution in [0.2, 0.25) is 0 Å². The molecule has 1 aromatic carbocycles. The molecule has 4 heteroatoms. The summed E-state index contributed by atoms with van der Waals surface area (Å²) in [7, 11) is 1.51. The van der Waals surface area contributed by atoms with Crippen molar-refractivity contribution in [2.24, 2.45) is 5.92 Å². The quantitative estimate of drug-likeness (QED) is 0.368. The smallest absolute Gasteiger partial charge is 0.220 e. The highest BCUT2D eigenvalue weighted by molar-refractivity contribution is 5.75. The first-order valence-corrected chi connectivity index (χ1v) is 9.88. The van der Waals surface area contributed by atoms with Crippen LogP contribution in [0.1, 0.15) is 70.8 Å². The lowest BCUT2D eigenvalue weighted by molar-refractivity contribution is -0.121. The number of phenols is 1. The highest BCUT2D eigenvalue weighted by atomic mass is 16.5. The van der Waals surface area contributed by atoms with Gasteiger partial charge < -0.3 is 15.2 Å². The predicted molar refractivity (Wildman–Crippen MR) is 107 cm³/mol. The summed E-state index contributed by atoms with van der Waals surface area (Å²) in [6, 6.07) is 5.10. The molecule has 4 nitrogen and oxygen atoms in total. The zero-order chi connectivity index (χ0) is 19.2. The van der Waals surface area contributed by atoms with E-state index in [2.05, 4.69) is 31.3 Å². The number of allylic oxidation sites excluding steroid dienone is 2. The summed E-state index contributed by atoms with van der Waals surface area (Å²) >= 11 is 0. The van der Waals surface area contributed by atoms with E-state index in [1.165, 1.54) is 32.8 Å². The van der Waals surface area contributed by atoms with Gasteiger partial charge in [0, 0.05) is 13.0 Å². The van der Waals surface area contributed by atoms with Crippen LogP contribution >= 0.6 is 0 Å². The van der Waals surface area contributed by atoms with Gasteiger partial charge >= 0.3 is 0 Å². The van der Waals surface area contributed by atoms with Crippen LogP contribution in [0.3, 0.4) is 0 Å². The number of phenolic OH excluding ortho intramolecular Hbond substituents is 1. The van der Waals surface area contributed by atoms with Crippen molar-refractivity contribution in [3.05, 3.63) is 35.9 Å². The molecule has 1 amide bonds. The molecule has 0 fully saturated rings. The summed E-state index contributed by atoms with van der Waals surface area (Å²) in [6.45, 7) is 4.98. The standard InChI is InChI=1S/C22H35NO3/c1-4-18(5-2)12-10-8-6-7-9-11-13-22(25)23-17-19-14-15-20(24)21(16-19)26-3/h6,8,14-16,18,24H,4-5,7,9-13,17H2,1-3H3,(H,23,25). The van der Waals surface area contributed by atoms with E-state index in [4.69, 9.17) is 4.74 Å². The van der Waals surface area contributed by atoms with Crippen molar-refractivity contribution < 1.29 is 14.6 Å². The molecule has 1 aromatic rings. The molecular formula is C22H35NO3. The van der Waals surface area contributed by atoms with E-state index in [1.807, 2.05) is 0 Å². The Hall–Kier alpha value is -1.97. The lowest BCUT2D eigenvalue weighted by atomic mass is 9.97. The van der Waals surface area contributed by atoms with Crippen LogP contribution in [0.4, 0.5) is 0 Å². The molecule has 0 heterocycles. The monoisotopic (exact) mass is 361 g/mol. The number of nitrogens with one attached hydrogen (secondary N) is 1. The number of rotatable bonds is 13. The molecule has 2 N–H and O–H groups in total. The lowest BCUT2D eigenvalue weighted by Crippen LogP contribution is -2.22. The average molecular weight is 362 g/mol. The third kappa shape index (κ3) is 8.93. The van der Waals surface area contributed by atoms with E-state index >= 15 is 0 Å². The molecule has 1 rings (SSSR count). The van der Waals surface area contributed by atoms with Crippen LogP contribution in [0.5, 0.6) is 11.5 Å². The lowest BCUT2D eigenvalue weighted by Gasteiger charge is -2.09. The topological polar surface area (TPSA) is 58.6 Å². The van der Waals surface area contributed by atoms with Gasteiger partial charge in [0.2, 0.25) is 5.91 Å². The van der Waals surface area contributed by atoms with Crippen LogP contribution in [0, 0.1) is 5.92 Å².